The number of rotatable bonds is 50. The fourth-order valence-electron chi connectivity index (χ4n) is 8.65. The molecule has 0 heterocycles. The Kier molecular flexibility index (Phi) is 47.0. The largest absolute Gasteiger partial charge is 0.472 e. The molecule has 0 amide bonds. The quantitative estimate of drug-likeness (QED) is 0.0146. The summed E-state index contributed by atoms with van der Waals surface area (Å²) in [6, 6.07) is 0. The van der Waals surface area contributed by atoms with Crippen molar-refractivity contribution in [1.82, 2.24) is 0 Å². The molecule has 1 aliphatic carbocycles. The van der Waals surface area contributed by atoms with E-state index in [4.69, 9.17) is 18.5 Å². The summed E-state index contributed by atoms with van der Waals surface area (Å²) in [5, 5.41) is 50.5. The Balaban J connectivity index is 2.29. The highest BCUT2D eigenvalue weighted by molar-refractivity contribution is 7.47. The van der Waals surface area contributed by atoms with Crippen LogP contribution >= 0.6 is 7.82 Å². The van der Waals surface area contributed by atoms with Crippen molar-refractivity contribution in [2.75, 3.05) is 19.8 Å². The molecule has 0 saturated heterocycles. The smallest absolute Gasteiger partial charge is 0.457 e. The molecule has 6 unspecified atom stereocenters. The van der Waals surface area contributed by atoms with E-state index in [1.54, 1.807) is 0 Å². The molecule has 6 N–H and O–H groups in total. The average molecular weight is 1060 g/mol. The standard InChI is InChI=1S/C61H107O12P/c1-3-5-7-9-11-13-15-17-19-21-23-25-27-29-31-33-35-37-39-41-43-45-47-49-51-70-52-54(53-71-74(68,69)73-61-59(66)57(64)56(63)58(65)60(61)67)72-55(62)50-48-46-44-42-40-38-36-34-32-30-28-26-24-22-20-18-16-14-12-10-8-6-4-2/h6,8,12,14-15,17-18,20-21,23-24,26-27,29,54,56-61,63-67H,3-5,7,9-11,13,16,19,22,25,28,30-53H2,1-2H3,(H,68,69)/b8-6-,14-12-,17-15-,20-18-,23-21-,26-24-,29-27-. The molecule has 0 aliphatic heterocycles. The summed E-state index contributed by atoms with van der Waals surface area (Å²) in [5.74, 6) is -0.485. The molecule has 1 aliphatic rings. The van der Waals surface area contributed by atoms with Gasteiger partial charge in [0, 0.05) is 13.0 Å². The highest BCUT2D eigenvalue weighted by Gasteiger charge is 2.51. The zero-order valence-electron chi connectivity index (χ0n) is 46.4. The van der Waals surface area contributed by atoms with Gasteiger partial charge in [-0.15, -0.1) is 0 Å². The Morgan fingerprint density at radius 1 is 0.446 bits per heavy atom. The number of ether oxygens (including phenoxy) is 2. The maximum atomic E-state index is 12.9. The zero-order chi connectivity index (χ0) is 54.0. The summed E-state index contributed by atoms with van der Waals surface area (Å²) in [6.07, 6.45) is 56.4. The molecular formula is C61H107O12P. The minimum atomic E-state index is -5.04. The molecular weight excluding hydrogens is 956 g/mol. The first-order valence-corrected chi connectivity index (χ1v) is 30.9. The van der Waals surface area contributed by atoms with E-state index < -0.39 is 63.1 Å². The second-order valence-corrected chi connectivity index (χ2v) is 21.5. The van der Waals surface area contributed by atoms with Gasteiger partial charge in [-0.1, -0.05) is 221 Å². The number of esters is 1. The number of carbonyl (C=O) groups excluding carboxylic acids is 1. The van der Waals surface area contributed by atoms with Crippen LogP contribution in [0.1, 0.15) is 232 Å². The number of hydrogen-bond acceptors (Lipinski definition) is 11. The number of unbranched alkanes of at least 4 members (excludes halogenated alkanes) is 24. The Morgan fingerprint density at radius 3 is 1.22 bits per heavy atom. The van der Waals surface area contributed by atoms with E-state index in [0.29, 0.717) is 13.0 Å². The lowest BCUT2D eigenvalue weighted by Gasteiger charge is -2.41. The maximum Gasteiger partial charge on any atom is 0.472 e. The number of allylic oxidation sites excluding steroid dienone is 14. The molecule has 1 fully saturated rings. The van der Waals surface area contributed by atoms with Crippen molar-refractivity contribution in [2.24, 2.45) is 0 Å². The zero-order valence-corrected chi connectivity index (χ0v) is 47.3. The van der Waals surface area contributed by atoms with Gasteiger partial charge in [0.25, 0.3) is 0 Å². The molecule has 13 heteroatoms. The van der Waals surface area contributed by atoms with Gasteiger partial charge in [-0.25, -0.2) is 4.57 Å². The lowest BCUT2D eigenvalue weighted by molar-refractivity contribution is -0.220. The first-order valence-electron chi connectivity index (χ1n) is 29.4. The van der Waals surface area contributed by atoms with Crippen LogP contribution in [0.4, 0.5) is 0 Å². The molecule has 12 nitrogen and oxygen atoms in total. The van der Waals surface area contributed by atoms with Crippen LogP contribution in [0.15, 0.2) is 85.1 Å². The van der Waals surface area contributed by atoms with Crippen LogP contribution in [0, 0.1) is 0 Å². The van der Waals surface area contributed by atoms with E-state index >= 15 is 0 Å². The Hall–Kier alpha value is -2.48. The van der Waals surface area contributed by atoms with Crippen molar-refractivity contribution in [3.8, 4) is 0 Å². The summed E-state index contributed by atoms with van der Waals surface area (Å²) in [5.41, 5.74) is 0. The van der Waals surface area contributed by atoms with Crippen LogP contribution in [-0.2, 0) is 27.9 Å². The molecule has 0 bridgehead atoms. The lowest BCUT2D eigenvalue weighted by atomic mass is 9.85. The van der Waals surface area contributed by atoms with Gasteiger partial charge in [0.1, 0.15) is 42.7 Å². The number of phosphoric acid groups is 1. The Morgan fingerprint density at radius 2 is 0.797 bits per heavy atom. The highest BCUT2D eigenvalue weighted by atomic mass is 31.2. The van der Waals surface area contributed by atoms with Crippen molar-refractivity contribution in [2.45, 2.75) is 275 Å². The number of carbonyl (C=O) groups is 1. The molecule has 0 spiro atoms. The van der Waals surface area contributed by atoms with Crippen LogP contribution in [0.2, 0.25) is 0 Å². The fraction of sp³-hybridized carbons (Fsp3) is 0.754. The molecule has 0 aromatic rings. The molecule has 1 saturated carbocycles. The minimum Gasteiger partial charge on any atom is -0.457 e. The maximum absolute atomic E-state index is 12.9. The molecule has 0 aromatic heterocycles. The van der Waals surface area contributed by atoms with Crippen LogP contribution in [0.5, 0.6) is 0 Å². The number of aliphatic hydroxyl groups is 5. The monoisotopic (exact) mass is 1060 g/mol. The van der Waals surface area contributed by atoms with Gasteiger partial charge in [0.05, 0.1) is 13.2 Å². The van der Waals surface area contributed by atoms with Gasteiger partial charge in [0.2, 0.25) is 0 Å². The van der Waals surface area contributed by atoms with E-state index in [1.807, 2.05) is 0 Å². The second-order valence-electron chi connectivity index (χ2n) is 20.1. The van der Waals surface area contributed by atoms with Crippen molar-refractivity contribution < 1.29 is 58.3 Å². The first-order chi connectivity index (χ1) is 36.0. The van der Waals surface area contributed by atoms with Crippen LogP contribution in [-0.4, -0.2) is 98.9 Å². The predicted octanol–water partition coefficient (Wildman–Crippen LogP) is 14.4. The average Bonchev–Trinajstić information content (AvgIpc) is 3.39. The van der Waals surface area contributed by atoms with Gasteiger partial charge < -0.3 is 39.9 Å². The van der Waals surface area contributed by atoms with E-state index in [0.717, 1.165) is 96.3 Å². The SMILES string of the molecule is CC/C=C\C/C=C\C/C=C\C/C=C\CCCCCCCCCCCCC(=O)OC(COCCCCCCCCCCC/C=C\C/C=C\C/C=C\CCCCCCC)COP(=O)(O)OC1C(O)C(O)C(O)C(O)C1O. The lowest BCUT2D eigenvalue weighted by Crippen LogP contribution is -2.64. The summed E-state index contributed by atoms with van der Waals surface area (Å²) in [7, 11) is -5.04. The third kappa shape index (κ3) is 40.7. The summed E-state index contributed by atoms with van der Waals surface area (Å²) in [4.78, 5) is 23.3. The van der Waals surface area contributed by atoms with Crippen molar-refractivity contribution in [3.63, 3.8) is 0 Å². The van der Waals surface area contributed by atoms with Gasteiger partial charge in [-0.3, -0.25) is 13.8 Å². The van der Waals surface area contributed by atoms with E-state index in [-0.39, 0.29) is 13.0 Å². The topological polar surface area (TPSA) is 192 Å². The molecule has 6 atom stereocenters. The highest BCUT2D eigenvalue weighted by Crippen LogP contribution is 2.47. The normalized spacial score (nSPS) is 21.0. The van der Waals surface area contributed by atoms with E-state index in [2.05, 4.69) is 98.9 Å². The van der Waals surface area contributed by atoms with Crippen molar-refractivity contribution in [1.29, 1.82) is 0 Å². The van der Waals surface area contributed by atoms with Crippen LogP contribution < -0.4 is 0 Å². The molecule has 1 rings (SSSR count). The third-order valence-corrected chi connectivity index (χ3v) is 14.2. The van der Waals surface area contributed by atoms with Crippen molar-refractivity contribution in [3.05, 3.63) is 85.1 Å². The second kappa shape index (κ2) is 50.1. The van der Waals surface area contributed by atoms with Gasteiger partial charge in [-0.05, 0) is 89.9 Å². The molecule has 74 heavy (non-hydrogen) atoms. The van der Waals surface area contributed by atoms with E-state index in [1.165, 1.54) is 109 Å². The Labute approximate surface area is 450 Å². The van der Waals surface area contributed by atoms with Gasteiger partial charge in [-0.2, -0.15) is 0 Å². The predicted molar refractivity (Wildman–Crippen MR) is 304 cm³/mol. The summed E-state index contributed by atoms with van der Waals surface area (Å²) < 4.78 is 34.4. The van der Waals surface area contributed by atoms with Crippen LogP contribution in [0.25, 0.3) is 0 Å². The molecule has 428 valence electrons. The number of phosphoric ester groups is 1. The Bertz CT molecular complexity index is 1540. The summed E-state index contributed by atoms with van der Waals surface area (Å²) >= 11 is 0. The first kappa shape index (κ1) is 69.5. The molecule has 0 radical (unpaired) electrons. The van der Waals surface area contributed by atoms with E-state index in [9.17, 15) is 39.8 Å². The minimum absolute atomic E-state index is 0.0860. The number of aliphatic hydroxyl groups excluding tert-OH is 5. The molecule has 0 aromatic carbocycles. The fourth-order valence-corrected chi connectivity index (χ4v) is 9.62. The van der Waals surface area contributed by atoms with Gasteiger partial charge >= 0.3 is 13.8 Å². The number of hydrogen-bond donors (Lipinski definition) is 6. The van der Waals surface area contributed by atoms with Crippen LogP contribution in [0.3, 0.4) is 0 Å². The summed E-state index contributed by atoms with van der Waals surface area (Å²) in [6.45, 7) is 4.14. The van der Waals surface area contributed by atoms with Gasteiger partial charge in [0.15, 0.2) is 0 Å². The van der Waals surface area contributed by atoms with Crippen molar-refractivity contribution >= 4 is 13.8 Å². The third-order valence-electron chi connectivity index (χ3n) is 13.3.